The third kappa shape index (κ3) is 4.69. The van der Waals surface area contributed by atoms with Gasteiger partial charge in [-0.3, -0.25) is 9.59 Å². The number of benzene rings is 1. The maximum absolute atomic E-state index is 12.1. The second-order valence-corrected chi connectivity index (χ2v) is 6.18. The molecule has 0 saturated heterocycles. The minimum atomic E-state index is -0.000849. The van der Waals surface area contributed by atoms with E-state index in [0.717, 1.165) is 12.1 Å². The maximum Gasteiger partial charge on any atom is 0.220 e. The van der Waals surface area contributed by atoms with Gasteiger partial charge in [-0.2, -0.15) is 0 Å². The lowest BCUT2D eigenvalue weighted by molar-refractivity contribution is -0.121. The van der Waals surface area contributed by atoms with E-state index in [1.807, 2.05) is 32.0 Å². The van der Waals surface area contributed by atoms with Crippen molar-refractivity contribution in [3.63, 3.8) is 0 Å². The van der Waals surface area contributed by atoms with Gasteiger partial charge in [-0.15, -0.1) is 0 Å². The maximum atomic E-state index is 12.1. The lowest BCUT2D eigenvalue weighted by atomic mass is 10.0. The zero-order valence-corrected chi connectivity index (χ0v) is 13.1. The molecule has 3 nitrogen and oxygen atoms in total. The molecule has 0 radical (unpaired) electrons. The van der Waals surface area contributed by atoms with Crippen molar-refractivity contribution in [2.75, 3.05) is 6.54 Å². The smallest absolute Gasteiger partial charge is 0.220 e. The molecule has 114 valence electrons. The van der Waals surface area contributed by atoms with Gasteiger partial charge in [0.15, 0.2) is 5.78 Å². The molecule has 3 heteroatoms. The van der Waals surface area contributed by atoms with E-state index in [2.05, 4.69) is 5.32 Å². The number of hydrogen-bond acceptors (Lipinski definition) is 2. The van der Waals surface area contributed by atoms with Crippen molar-refractivity contribution in [1.29, 1.82) is 0 Å². The molecular formula is C18H25NO2. The molecule has 1 aliphatic rings. The first-order valence-corrected chi connectivity index (χ1v) is 7.93. The highest BCUT2D eigenvalue weighted by molar-refractivity contribution is 5.98. The van der Waals surface area contributed by atoms with Gasteiger partial charge in [0.1, 0.15) is 0 Å². The summed E-state index contributed by atoms with van der Waals surface area (Å²) in [7, 11) is 0. The van der Waals surface area contributed by atoms with Crippen LogP contribution in [-0.2, 0) is 4.79 Å². The van der Waals surface area contributed by atoms with Crippen LogP contribution in [-0.4, -0.2) is 18.2 Å². The zero-order chi connectivity index (χ0) is 15.2. The Morgan fingerprint density at radius 1 is 1.10 bits per heavy atom. The number of hydrogen-bond donors (Lipinski definition) is 1. The van der Waals surface area contributed by atoms with Crippen LogP contribution < -0.4 is 5.32 Å². The quantitative estimate of drug-likeness (QED) is 0.813. The third-order valence-corrected chi connectivity index (χ3v) is 4.47. The summed E-state index contributed by atoms with van der Waals surface area (Å²) in [5, 5.41) is 2.96. The number of carbonyl (C=O) groups excluding carboxylic acids is 2. The molecule has 0 aliphatic heterocycles. The molecule has 1 aliphatic carbocycles. The Kier molecular flexibility index (Phi) is 5.54. The van der Waals surface area contributed by atoms with Gasteiger partial charge in [0.25, 0.3) is 0 Å². The predicted octanol–water partition coefficient (Wildman–Crippen LogP) is 3.57. The molecule has 0 unspecified atom stereocenters. The van der Waals surface area contributed by atoms with Crippen LogP contribution in [0.2, 0.25) is 0 Å². The Morgan fingerprint density at radius 2 is 1.81 bits per heavy atom. The van der Waals surface area contributed by atoms with Crippen molar-refractivity contribution < 1.29 is 9.59 Å². The molecule has 21 heavy (non-hydrogen) atoms. The average molecular weight is 287 g/mol. The standard InChI is InChI=1S/C18H25NO2/c1-13-7-8-16(11-14(13)2)17(20)9-10-18(21)19-12-15-5-3-4-6-15/h7-8,11,15H,3-6,9-10,12H2,1-2H3,(H,19,21). The molecule has 1 amide bonds. The van der Waals surface area contributed by atoms with Crippen LogP contribution in [0.5, 0.6) is 0 Å². The number of Topliss-reactive ketones (excluding diaryl/α,β-unsaturated/α-hetero) is 1. The van der Waals surface area contributed by atoms with E-state index >= 15 is 0 Å². The van der Waals surface area contributed by atoms with Crippen molar-refractivity contribution in [2.45, 2.75) is 52.4 Å². The van der Waals surface area contributed by atoms with Gasteiger partial charge in [-0.25, -0.2) is 0 Å². The van der Waals surface area contributed by atoms with Crippen molar-refractivity contribution in [2.24, 2.45) is 5.92 Å². The number of rotatable bonds is 6. The lowest BCUT2D eigenvalue weighted by Gasteiger charge is -2.10. The van der Waals surface area contributed by atoms with Gasteiger partial charge in [0.2, 0.25) is 5.91 Å². The first-order valence-electron chi connectivity index (χ1n) is 7.93. The normalized spacial score (nSPS) is 15.1. The van der Waals surface area contributed by atoms with Gasteiger partial charge < -0.3 is 5.32 Å². The van der Waals surface area contributed by atoms with Crippen LogP contribution in [0, 0.1) is 19.8 Å². The summed E-state index contributed by atoms with van der Waals surface area (Å²) in [4.78, 5) is 23.9. The number of carbonyl (C=O) groups is 2. The summed E-state index contributed by atoms with van der Waals surface area (Å²) in [5.41, 5.74) is 3.01. The third-order valence-electron chi connectivity index (χ3n) is 4.47. The first-order chi connectivity index (χ1) is 10.1. The fourth-order valence-corrected chi connectivity index (χ4v) is 2.85. The fraction of sp³-hybridized carbons (Fsp3) is 0.556. The number of nitrogens with one attached hydrogen (secondary N) is 1. The molecule has 1 N–H and O–H groups in total. The van der Waals surface area contributed by atoms with Gasteiger partial charge in [-0.1, -0.05) is 25.0 Å². The van der Waals surface area contributed by atoms with Crippen LogP contribution in [0.3, 0.4) is 0 Å². The molecule has 1 aromatic rings. The second kappa shape index (κ2) is 7.39. The van der Waals surface area contributed by atoms with Crippen molar-refractivity contribution in [3.05, 3.63) is 34.9 Å². The highest BCUT2D eigenvalue weighted by Gasteiger charge is 2.16. The Morgan fingerprint density at radius 3 is 2.48 bits per heavy atom. The van der Waals surface area contributed by atoms with E-state index in [1.165, 1.54) is 31.2 Å². The van der Waals surface area contributed by atoms with E-state index < -0.39 is 0 Å². The summed E-state index contributed by atoms with van der Waals surface area (Å²) in [6.07, 6.45) is 5.60. The summed E-state index contributed by atoms with van der Waals surface area (Å²) < 4.78 is 0. The highest BCUT2D eigenvalue weighted by Crippen LogP contribution is 2.23. The Labute approximate surface area is 127 Å². The Bertz CT molecular complexity index is 516. The van der Waals surface area contributed by atoms with Gasteiger partial charge in [-0.05, 0) is 49.8 Å². The number of ketones is 1. The molecular weight excluding hydrogens is 262 g/mol. The largest absolute Gasteiger partial charge is 0.356 e. The molecule has 0 atom stereocenters. The zero-order valence-electron chi connectivity index (χ0n) is 13.1. The summed E-state index contributed by atoms with van der Waals surface area (Å²) in [6, 6.07) is 5.72. The lowest BCUT2D eigenvalue weighted by Crippen LogP contribution is -2.28. The Hall–Kier alpha value is -1.64. The van der Waals surface area contributed by atoms with Crippen molar-refractivity contribution in [3.8, 4) is 0 Å². The summed E-state index contributed by atoms with van der Waals surface area (Å²) >= 11 is 0. The molecule has 0 heterocycles. The van der Waals surface area contributed by atoms with Gasteiger partial charge in [0.05, 0.1) is 0 Å². The van der Waals surface area contributed by atoms with E-state index in [1.54, 1.807) is 0 Å². The SMILES string of the molecule is Cc1ccc(C(=O)CCC(=O)NCC2CCCC2)cc1C. The molecule has 1 saturated carbocycles. The molecule has 1 aromatic carbocycles. The van der Waals surface area contributed by atoms with Gasteiger partial charge >= 0.3 is 0 Å². The van der Waals surface area contributed by atoms with Crippen molar-refractivity contribution >= 4 is 11.7 Å². The monoisotopic (exact) mass is 287 g/mol. The molecule has 0 spiro atoms. The van der Waals surface area contributed by atoms with Crippen LogP contribution in [0.1, 0.15) is 60.0 Å². The van der Waals surface area contributed by atoms with Crippen LogP contribution >= 0.6 is 0 Å². The van der Waals surface area contributed by atoms with Crippen LogP contribution in [0.25, 0.3) is 0 Å². The minimum absolute atomic E-state index is 0.000849. The predicted molar refractivity (Wildman–Crippen MR) is 84.4 cm³/mol. The fourth-order valence-electron chi connectivity index (χ4n) is 2.85. The van der Waals surface area contributed by atoms with Gasteiger partial charge in [0, 0.05) is 24.9 Å². The van der Waals surface area contributed by atoms with E-state index in [0.29, 0.717) is 24.3 Å². The minimum Gasteiger partial charge on any atom is -0.356 e. The summed E-state index contributed by atoms with van der Waals surface area (Å²) in [5.74, 6) is 0.692. The molecule has 0 bridgehead atoms. The van der Waals surface area contributed by atoms with Crippen LogP contribution in [0.15, 0.2) is 18.2 Å². The molecule has 0 aromatic heterocycles. The van der Waals surface area contributed by atoms with Crippen molar-refractivity contribution in [1.82, 2.24) is 5.32 Å². The molecule has 1 fully saturated rings. The Balaban J connectivity index is 1.74. The highest BCUT2D eigenvalue weighted by atomic mass is 16.2. The van der Waals surface area contributed by atoms with E-state index in [-0.39, 0.29) is 11.7 Å². The first kappa shape index (κ1) is 15.7. The topological polar surface area (TPSA) is 46.2 Å². The number of aryl methyl sites for hydroxylation is 2. The van der Waals surface area contributed by atoms with E-state index in [9.17, 15) is 9.59 Å². The van der Waals surface area contributed by atoms with E-state index in [4.69, 9.17) is 0 Å². The number of amides is 1. The average Bonchev–Trinajstić information content (AvgIpc) is 2.98. The van der Waals surface area contributed by atoms with Crippen LogP contribution in [0.4, 0.5) is 0 Å². The second-order valence-electron chi connectivity index (χ2n) is 6.18. The molecule has 2 rings (SSSR count). The summed E-state index contributed by atoms with van der Waals surface area (Å²) in [6.45, 7) is 4.80.